The SMILES string of the molecule is CCOC(=O)Cc1csc(SCc2noc(-c3ccc(C)cc3)n2)n1. The molecule has 0 fully saturated rings. The summed E-state index contributed by atoms with van der Waals surface area (Å²) in [5.74, 6) is 1.42. The lowest BCUT2D eigenvalue weighted by Gasteiger charge is -1.97. The maximum atomic E-state index is 11.5. The zero-order valence-electron chi connectivity index (χ0n) is 13.9. The molecule has 2 heterocycles. The molecule has 25 heavy (non-hydrogen) atoms. The molecule has 3 aromatic rings. The summed E-state index contributed by atoms with van der Waals surface area (Å²) in [6.07, 6.45) is 0.199. The maximum absolute atomic E-state index is 11.5. The first kappa shape index (κ1) is 17.6. The van der Waals surface area contributed by atoms with Gasteiger partial charge in [-0.2, -0.15) is 4.98 Å². The smallest absolute Gasteiger partial charge is 0.311 e. The topological polar surface area (TPSA) is 78.1 Å². The van der Waals surface area contributed by atoms with Crippen molar-refractivity contribution in [2.45, 2.75) is 30.4 Å². The Morgan fingerprint density at radius 2 is 2.08 bits per heavy atom. The Bertz CT molecular complexity index is 843. The van der Waals surface area contributed by atoms with Crippen LogP contribution in [0.4, 0.5) is 0 Å². The summed E-state index contributed by atoms with van der Waals surface area (Å²) >= 11 is 3.01. The van der Waals surface area contributed by atoms with Crippen LogP contribution in [-0.4, -0.2) is 27.7 Å². The summed E-state index contributed by atoms with van der Waals surface area (Å²) in [6.45, 7) is 4.20. The summed E-state index contributed by atoms with van der Waals surface area (Å²) in [4.78, 5) is 20.3. The lowest BCUT2D eigenvalue weighted by Crippen LogP contribution is -2.07. The fraction of sp³-hybridized carbons (Fsp3) is 0.294. The number of carbonyl (C=O) groups is 1. The molecule has 0 atom stereocenters. The van der Waals surface area contributed by atoms with E-state index < -0.39 is 0 Å². The van der Waals surface area contributed by atoms with Gasteiger partial charge in [-0.05, 0) is 26.0 Å². The Kier molecular flexibility index (Phi) is 5.83. The number of hydrogen-bond donors (Lipinski definition) is 0. The number of aromatic nitrogens is 3. The number of carbonyl (C=O) groups excluding carboxylic acids is 1. The molecule has 3 rings (SSSR count). The highest BCUT2D eigenvalue weighted by Crippen LogP contribution is 2.26. The first-order valence-electron chi connectivity index (χ1n) is 7.76. The Labute approximate surface area is 153 Å². The summed E-state index contributed by atoms with van der Waals surface area (Å²) in [5, 5.41) is 5.87. The highest BCUT2D eigenvalue weighted by molar-refractivity contribution is 8.00. The van der Waals surface area contributed by atoms with E-state index >= 15 is 0 Å². The molecular weight excluding hydrogens is 358 g/mol. The van der Waals surface area contributed by atoms with Crippen LogP contribution in [0.5, 0.6) is 0 Å². The second-order valence-electron chi connectivity index (χ2n) is 5.26. The molecule has 2 aromatic heterocycles. The summed E-state index contributed by atoms with van der Waals surface area (Å²) < 4.78 is 11.1. The van der Waals surface area contributed by atoms with Crippen molar-refractivity contribution in [2.24, 2.45) is 0 Å². The summed E-state index contributed by atoms with van der Waals surface area (Å²) in [6, 6.07) is 7.94. The largest absolute Gasteiger partial charge is 0.466 e. The third-order valence-electron chi connectivity index (χ3n) is 3.25. The van der Waals surface area contributed by atoms with Crippen LogP contribution in [0.15, 0.2) is 38.5 Å². The molecule has 0 spiro atoms. The molecule has 0 aliphatic carbocycles. The molecule has 0 saturated carbocycles. The van der Waals surface area contributed by atoms with Gasteiger partial charge in [0.15, 0.2) is 10.2 Å². The lowest BCUT2D eigenvalue weighted by molar-refractivity contribution is -0.142. The van der Waals surface area contributed by atoms with Crippen LogP contribution in [0, 0.1) is 6.92 Å². The van der Waals surface area contributed by atoms with E-state index in [1.807, 2.05) is 36.6 Å². The normalized spacial score (nSPS) is 10.8. The van der Waals surface area contributed by atoms with E-state index in [2.05, 4.69) is 15.1 Å². The Hall–Kier alpha value is -2.19. The van der Waals surface area contributed by atoms with Gasteiger partial charge in [-0.3, -0.25) is 4.79 Å². The fourth-order valence-electron chi connectivity index (χ4n) is 2.05. The molecule has 0 bridgehead atoms. The first-order chi connectivity index (χ1) is 12.1. The predicted octanol–water partition coefficient (Wildman–Crippen LogP) is 3.90. The van der Waals surface area contributed by atoms with Crippen molar-refractivity contribution in [3.05, 3.63) is 46.7 Å². The zero-order valence-corrected chi connectivity index (χ0v) is 15.5. The minimum absolute atomic E-state index is 0.199. The number of thiazole rings is 1. The van der Waals surface area contributed by atoms with Gasteiger partial charge in [0, 0.05) is 10.9 Å². The van der Waals surface area contributed by atoms with E-state index in [-0.39, 0.29) is 12.4 Å². The molecule has 0 unspecified atom stereocenters. The molecule has 0 saturated heterocycles. The third kappa shape index (κ3) is 4.90. The third-order valence-corrected chi connectivity index (χ3v) is 5.32. The second kappa shape index (κ2) is 8.26. The monoisotopic (exact) mass is 375 g/mol. The lowest BCUT2D eigenvalue weighted by atomic mass is 10.1. The second-order valence-corrected chi connectivity index (χ2v) is 7.34. The molecule has 0 amide bonds. The highest BCUT2D eigenvalue weighted by atomic mass is 32.2. The van der Waals surface area contributed by atoms with Gasteiger partial charge >= 0.3 is 5.97 Å². The Morgan fingerprint density at radius 3 is 2.84 bits per heavy atom. The van der Waals surface area contributed by atoms with Gasteiger partial charge in [0.2, 0.25) is 0 Å². The molecule has 0 radical (unpaired) electrons. The number of esters is 1. The molecule has 1 aromatic carbocycles. The zero-order chi connectivity index (χ0) is 17.6. The fourth-order valence-corrected chi connectivity index (χ4v) is 3.74. The summed E-state index contributed by atoms with van der Waals surface area (Å²) in [7, 11) is 0. The number of thioether (sulfide) groups is 1. The predicted molar refractivity (Wildman–Crippen MR) is 96.5 cm³/mol. The van der Waals surface area contributed by atoms with Crippen molar-refractivity contribution < 1.29 is 14.1 Å². The first-order valence-corrected chi connectivity index (χ1v) is 9.63. The van der Waals surface area contributed by atoms with Crippen LogP contribution >= 0.6 is 23.1 Å². The number of ether oxygens (including phenoxy) is 1. The van der Waals surface area contributed by atoms with Crippen molar-refractivity contribution in [3.63, 3.8) is 0 Å². The minimum Gasteiger partial charge on any atom is -0.466 e. The van der Waals surface area contributed by atoms with E-state index in [4.69, 9.17) is 9.26 Å². The van der Waals surface area contributed by atoms with Crippen molar-refractivity contribution in [2.75, 3.05) is 6.61 Å². The van der Waals surface area contributed by atoms with Gasteiger partial charge in [0.05, 0.1) is 24.5 Å². The van der Waals surface area contributed by atoms with Gasteiger partial charge < -0.3 is 9.26 Å². The van der Waals surface area contributed by atoms with E-state index in [1.165, 1.54) is 28.7 Å². The Balaban J connectivity index is 1.56. The van der Waals surface area contributed by atoms with E-state index in [0.29, 0.717) is 24.1 Å². The van der Waals surface area contributed by atoms with Crippen molar-refractivity contribution in [1.82, 2.24) is 15.1 Å². The average Bonchev–Trinajstić information content (AvgIpc) is 3.23. The molecule has 8 heteroatoms. The standard InChI is InChI=1S/C17H17N3O3S2/c1-3-22-15(21)8-13-9-24-17(18-13)25-10-14-19-16(23-20-14)12-6-4-11(2)5-7-12/h4-7,9H,3,8,10H2,1-2H3. The molecule has 0 N–H and O–H groups in total. The minimum atomic E-state index is -0.259. The van der Waals surface area contributed by atoms with Gasteiger partial charge in [-0.15, -0.1) is 11.3 Å². The summed E-state index contributed by atoms with van der Waals surface area (Å²) in [5.41, 5.74) is 2.81. The molecule has 130 valence electrons. The van der Waals surface area contributed by atoms with Gasteiger partial charge in [-0.1, -0.05) is 34.6 Å². The number of nitrogens with zero attached hydrogens (tertiary/aromatic N) is 3. The van der Waals surface area contributed by atoms with Crippen LogP contribution in [0.2, 0.25) is 0 Å². The number of benzene rings is 1. The van der Waals surface area contributed by atoms with E-state index in [1.54, 1.807) is 6.92 Å². The van der Waals surface area contributed by atoms with Gasteiger partial charge in [-0.25, -0.2) is 4.98 Å². The van der Waals surface area contributed by atoms with Crippen molar-refractivity contribution >= 4 is 29.1 Å². The van der Waals surface area contributed by atoms with Crippen LogP contribution in [0.1, 0.15) is 24.0 Å². The van der Waals surface area contributed by atoms with E-state index in [9.17, 15) is 4.79 Å². The van der Waals surface area contributed by atoms with Crippen molar-refractivity contribution in [1.29, 1.82) is 0 Å². The molecule has 0 aliphatic rings. The van der Waals surface area contributed by atoms with Gasteiger partial charge in [0.25, 0.3) is 5.89 Å². The van der Waals surface area contributed by atoms with Crippen LogP contribution in [0.25, 0.3) is 11.5 Å². The van der Waals surface area contributed by atoms with Crippen LogP contribution in [0.3, 0.4) is 0 Å². The van der Waals surface area contributed by atoms with Crippen LogP contribution < -0.4 is 0 Å². The number of aryl methyl sites for hydroxylation is 1. The highest BCUT2D eigenvalue weighted by Gasteiger charge is 2.12. The Morgan fingerprint density at radius 1 is 1.28 bits per heavy atom. The van der Waals surface area contributed by atoms with E-state index in [0.717, 1.165) is 15.6 Å². The molecule has 6 nitrogen and oxygen atoms in total. The van der Waals surface area contributed by atoms with Crippen LogP contribution in [-0.2, 0) is 21.7 Å². The quantitative estimate of drug-likeness (QED) is 0.458. The number of hydrogen-bond acceptors (Lipinski definition) is 8. The van der Waals surface area contributed by atoms with Gasteiger partial charge in [0.1, 0.15) is 0 Å². The average molecular weight is 375 g/mol. The maximum Gasteiger partial charge on any atom is 0.311 e. The molecular formula is C17H17N3O3S2. The van der Waals surface area contributed by atoms with Crippen molar-refractivity contribution in [3.8, 4) is 11.5 Å². The number of rotatable bonds is 7. The molecule has 0 aliphatic heterocycles.